The molecule has 0 spiro atoms. The van der Waals surface area contributed by atoms with Gasteiger partial charge >= 0.3 is 0 Å². The average Bonchev–Trinajstić information content (AvgIpc) is 3.23. The molecule has 4 rings (SSSR count). The molecular formula is C17H19N5O3. The number of hydrogen-bond acceptors (Lipinski definition) is 5. The number of benzene rings is 1. The molecule has 0 unspecified atom stereocenters. The average molecular weight is 341 g/mol. The van der Waals surface area contributed by atoms with Gasteiger partial charge in [-0.05, 0) is 24.3 Å². The maximum atomic E-state index is 12.6. The van der Waals surface area contributed by atoms with Gasteiger partial charge in [0.25, 0.3) is 0 Å². The molecule has 8 nitrogen and oxygen atoms in total. The summed E-state index contributed by atoms with van der Waals surface area (Å²) in [6, 6.07) is 7.49. The predicted octanol–water partition coefficient (Wildman–Crippen LogP) is 0.723. The van der Waals surface area contributed by atoms with Crippen molar-refractivity contribution in [1.82, 2.24) is 19.7 Å². The Balaban J connectivity index is 1.38. The summed E-state index contributed by atoms with van der Waals surface area (Å²) in [7, 11) is 1.60. The maximum absolute atomic E-state index is 12.6. The van der Waals surface area contributed by atoms with Crippen LogP contribution in [0.15, 0.2) is 36.9 Å². The Hall–Kier alpha value is -2.90. The van der Waals surface area contributed by atoms with Crippen LogP contribution >= 0.6 is 0 Å². The van der Waals surface area contributed by atoms with Gasteiger partial charge in [0.15, 0.2) is 0 Å². The van der Waals surface area contributed by atoms with Gasteiger partial charge in [-0.3, -0.25) is 9.59 Å². The Morgan fingerprint density at radius 2 is 1.96 bits per heavy atom. The van der Waals surface area contributed by atoms with E-state index in [1.807, 2.05) is 24.3 Å². The van der Waals surface area contributed by atoms with Crippen LogP contribution in [0, 0.1) is 5.92 Å². The number of anilines is 1. The summed E-state index contributed by atoms with van der Waals surface area (Å²) in [5.74, 6) is 0.478. The van der Waals surface area contributed by atoms with Gasteiger partial charge in [0.1, 0.15) is 18.4 Å². The van der Waals surface area contributed by atoms with Gasteiger partial charge in [0.05, 0.1) is 19.1 Å². The fourth-order valence-corrected chi connectivity index (χ4v) is 3.35. The lowest BCUT2D eigenvalue weighted by Gasteiger charge is -2.40. The van der Waals surface area contributed by atoms with E-state index in [-0.39, 0.29) is 30.2 Å². The molecule has 2 aromatic rings. The van der Waals surface area contributed by atoms with Gasteiger partial charge in [0, 0.05) is 31.7 Å². The van der Waals surface area contributed by atoms with Crippen LogP contribution in [0.5, 0.6) is 5.75 Å². The van der Waals surface area contributed by atoms with E-state index in [1.165, 1.54) is 6.33 Å². The molecule has 130 valence electrons. The lowest BCUT2D eigenvalue weighted by atomic mass is 10.0. The molecule has 1 aromatic carbocycles. The number of likely N-dealkylation sites (tertiary alicyclic amines) is 1. The molecule has 0 aliphatic carbocycles. The minimum Gasteiger partial charge on any atom is -0.497 e. The highest BCUT2D eigenvalue weighted by Gasteiger charge is 2.41. The van der Waals surface area contributed by atoms with Gasteiger partial charge in [-0.1, -0.05) is 0 Å². The second-order valence-corrected chi connectivity index (χ2v) is 6.38. The third-order valence-electron chi connectivity index (χ3n) is 4.84. The Labute approximate surface area is 145 Å². The van der Waals surface area contributed by atoms with E-state index in [0.29, 0.717) is 19.6 Å². The molecular weight excluding hydrogens is 322 g/mol. The van der Waals surface area contributed by atoms with Crippen molar-refractivity contribution in [2.45, 2.75) is 12.5 Å². The number of ether oxygens (including phenoxy) is 1. The van der Waals surface area contributed by atoms with Crippen LogP contribution in [-0.2, 0) is 9.59 Å². The number of aromatic nitrogens is 3. The minimum absolute atomic E-state index is 0.0168. The van der Waals surface area contributed by atoms with E-state index in [2.05, 4.69) is 10.1 Å². The molecule has 2 amide bonds. The standard InChI is InChI=1S/C17H19N5O3/c1-25-15-4-2-13(3-5-15)21-7-12(6-16(21)23)17(24)20-8-14(9-20)22-11-18-10-19-22/h2-5,10-12,14H,6-9H2,1H3/t12-/m1/s1. The maximum Gasteiger partial charge on any atom is 0.228 e. The van der Waals surface area contributed by atoms with Crippen LogP contribution in [0.1, 0.15) is 12.5 Å². The molecule has 2 saturated heterocycles. The molecule has 0 N–H and O–H groups in total. The van der Waals surface area contributed by atoms with Crippen molar-refractivity contribution >= 4 is 17.5 Å². The molecule has 3 heterocycles. The smallest absolute Gasteiger partial charge is 0.228 e. The minimum atomic E-state index is -0.286. The molecule has 2 aliphatic rings. The third-order valence-corrected chi connectivity index (χ3v) is 4.84. The van der Waals surface area contributed by atoms with E-state index >= 15 is 0 Å². The topological polar surface area (TPSA) is 80.6 Å². The summed E-state index contributed by atoms with van der Waals surface area (Å²) in [5.41, 5.74) is 0.796. The number of hydrogen-bond donors (Lipinski definition) is 0. The Bertz CT molecular complexity index is 768. The molecule has 2 aliphatic heterocycles. The van der Waals surface area contributed by atoms with Crippen molar-refractivity contribution in [3.05, 3.63) is 36.9 Å². The van der Waals surface area contributed by atoms with Crippen LogP contribution in [0.2, 0.25) is 0 Å². The summed E-state index contributed by atoms with van der Waals surface area (Å²) in [6.45, 7) is 1.67. The van der Waals surface area contributed by atoms with Gasteiger partial charge < -0.3 is 14.5 Å². The normalized spacial score (nSPS) is 20.7. The first-order valence-electron chi connectivity index (χ1n) is 8.23. The van der Waals surface area contributed by atoms with E-state index in [9.17, 15) is 9.59 Å². The van der Waals surface area contributed by atoms with E-state index < -0.39 is 0 Å². The fourth-order valence-electron chi connectivity index (χ4n) is 3.35. The van der Waals surface area contributed by atoms with Crippen LogP contribution in [-0.4, -0.2) is 58.2 Å². The Morgan fingerprint density at radius 3 is 2.60 bits per heavy atom. The number of carbonyl (C=O) groups is 2. The quantitative estimate of drug-likeness (QED) is 0.819. The molecule has 1 atom stereocenters. The monoisotopic (exact) mass is 341 g/mol. The third kappa shape index (κ3) is 2.84. The number of rotatable bonds is 4. The number of amides is 2. The number of carbonyl (C=O) groups excluding carboxylic acids is 2. The summed E-state index contributed by atoms with van der Waals surface area (Å²) >= 11 is 0. The first-order chi connectivity index (χ1) is 12.2. The van der Waals surface area contributed by atoms with Gasteiger partial charge in [0.2, 0.25) is 11.8 Å². The SMILES string of the molecule is COc1ccc(N2C[C@H](C(=O)N3CC(n4cncn4)C3)CC2=O)cc1. The van der Waals surface area contributed by atoms with Gasteiger partial charge in [-0.2, -0.15) is 5.10 Å². The van der Waals surface area contributed by atoms with Crippen LogP contribution in [0.25, 0.3) is 0 Å². The van der Waals surface area contributed by atoms with Crippen molar-refractivity contribution in [2.75, 3.05) is 31.6 Å². The molecule has 0 bridgehead atoms. The molecule has 2 fully saturated rings. The highest BCUT2D eigenvalue weighted by atomic mass is 16.5. The molecule has 8 heteroatoms. The first kappa shape index (κ1) is 15.6. The summed E-state index contributed by atoms with van der Waals surface area (Å²) in [4.78, 5) is 32.4. The Kier molecular flexibility index (Phi) is 3.87. The summed E-state index contributed by atoms with van der Waals surface area (Å²) < 4.78 is 6.91. The lowest BCUT2D eigenvalue weighted by Crippen LogP contribution is -2.53. The Morgan fingerprint density at radius 1 is 1.20 bits per heavy atom. The summed E-state index contributed by atoms with van der Waals surface area (Å²) in [6.07, 6.45) is 3.42. The molecule has 0 saturated carbocycles. The zero-order chi connectivity index (χ0) is 17.4. The van der Waals surface area contributed by atoms with Crippen molar-refractivity contribution < 1.29 is 14.3 Å². The largest absolute Gasteiger partial charge is 0.497 e. The van der Waals surface area contributed by atoms with Crippen molar-refractivity contribution in [3.63, 3.8) is 0 Å². The second kappa shape index (κ2) is 6.19. The van der Waals surface area contributed by atoms with Crippen LogP contribution in [0.4, 0.5) is 5.69 Å². The molecule has 0 radical (unpaired) electrons. The molecule has 25 heavy (non-hydrogen) atoms. The van der Waals surface area contributed by atoms with Gasteiger partial charge in [-0.25, -0.2) is 9.67 Å². The fraction of sp³-hybridized carbons (Fsp3) is 0.412. The van der Waals surface area contributed by atoms with E-state index in [0.717, 1.165) is 11.4 Å². The van der Waals surface area contributed by atoms with Crippen LogP contribution in [0.3, 0.4) is 0 Å². The van der Waals surface area contributed by atoms with Gasteiger partial charge in [-0.15, -0.1) is 0 Å². The highest BCUT2D eigenvalue weighted by Crippen LogP contribution is 2.30. The van der Waals surface area contributed by atoms with Crippen LogP contribution < -0.4 is 9.64 Å². The predicted molar refractivity (Wildman–Crippen MR) is 89.1 cm³/mol. The molecule has 1 aromatic heterocycles. The van der Waals surface area contributed by atoms with E-state index in [4.69, 9.17) is 4.74 Å². The number of nitrogens with zero attached hydrogens (tertiary/aromatic N) is 5. The van der Waals surface area contributed by atoms with E-state index in [1.54, 1.807) is 27.9 Å². The number of methoxy groups -OCH3 is 1. The van der Waals surface area contributed by atoms with Crippen molar-refractivity contribution in [3.8, 4) is 5.75 Å². The zero-order valence-electron chi connectivity index (χ0n) is 13.9. The first-order valence-corrected chi connectivity index (χ1v) is 8.23. The second-order valence-electron chi connectivity index (χ2n) is 6.38. The zero-order valence-corrected chi connectivity index (χ0v) is 13.9. The summed E-state index contributed by atoms with van der Waals surface area (Å²) in [5, 5.41) is 4.10. The lowest BCUT2D eigenvalue weighted by molar-refractivity contribution is -0.141. The van der Waals surface area contributed by atoms with Crippen molar-refractivity contribution in [2.24, 2.45) is 5.92 Å². The highest BCUT2D eigenvalue weighted by molar-refractivity contribution is 6.00. The van der Waals surface area contributed by atoms with Crippen molar-refractivity contribution in [1.29, 1.82) is 0 Å².